The summed E-state index contributed by atoms with van der Waals surface area (Å²) in [6, 6.07) is 8.64. The summed E-state index contributed by atoms with van der Waals surface area (Å²) in [4.78, 5) is 4.04. The van der Waals surface area contributed by atoms with Crippen LogP contribution in [0.5, 0.6) is 0 Å². The molecular weight excluding hydrogens is 234 g/mol. The van der Waals surface area contributed by atoms with E-state index in [1.165, 1.54) is 27.8 Å². The average molecular weight is 255 g/mol. The van der Waals surface area contributed by atoms with Gasteiger partial charge >= 0.3 is 0 Å². The molecule has 19 heavy (non-hydrogen) atoms. The highest BCUT2D eigenvalue weighted by atomic mass is 15.2. The van der Waals surface area contributed by atoms with Gasteiger partial charge in [-0.3, -0.25) is 16.3 Å². The molecule has 2 aromatic rings. The van der Waals surface area contributed by atoms with Crippen LogP contribution in [0.1, 0.15) is 33.9 Å². The van der Waals surface area contributed by atoms with Gasteiger partial charge in [-0.05, 0) is 67.1 Å². The Morgan fingerprint density at radius 1 is 1.05 bits per heavy atom. The van der Waals surface area contributed by atoms with E-state index in [1.807, 2.05) is 24.5 Å². The van der Waals surface area contributed by atoms with Gasteiger partial charge in [-0.25, -0.2) is 0 Å². The minimum Gasteiger partial charge on any atom is -0.271 e. The SMILES string of the molecule is Cc1cc(C)c(C(Cc2ccncc2)NN)cc1C. The molecule has 3 N–H and O–H groups in total. The Hall–Kier alpha value is -1.71. The summed E-state index contributed by atoms with van der Waals surface area (Å²) in [7, 11) is 0. The number of hydrazine groups is 1. The highest BCUT2D eigenvalue weighted by molar-refractivity contribution is 5.38. The molecule has 0 saturated carbocycles. The normalized spacial score (nSPS) is 12.4. The Morgan fingerprint density at radius 3 is 2.32 bits per heavy atom. The molecule has 0 bridgehead atoms. The lowest BCUT2D eigenvalue weighted by molar-refractivity contribution is 0.548. The van der Waals surface area contributed by atoms with Gasteiger partial charge in [0.05, 0.1) is 6.04 Å². The third kappa shape index (κ3) is 3.19. The van der Waals surface area contributed by atoms with Crippen molar-refractivity contribution in [2.24, 2.45) is 5.84 Å². The van der Waals surface area contributed by atoms with Gasteiger partial charge < -0.3 is 0 Å². The summed E-state index contributed by atoms with van der Waals surface area (Å²) in [5.74, 6) is 5.74. The van der Waals surface area contributed by atoms with Crippen LogP contribution < -0.4 is 11.3 Å². The van der Waals surface area contributed by atoms with E-state index in [1.54, 1.807) is 0 Å². The number of hydrogen-bond acceptors (Lipinski definition) is 3. The van der Waals surface area contributed by atoms with Crippen LogP contribution in [0.3, 0.4) is 0 Å². The number of pyridine rings is 1. The molecule has 0 spiro atoms. The molecule has 3 nitrogen and oxygen atoms in total. The maximum Gasteiger partial charge on any atom is 0.0503 e. The second-order valence-electron chi connectivity index (χ2n) is 5.07. The van der Waals surface area contributed by atoms with E-state index < -0.39 is 0 Å². The molecule has 1 aromatic carbocycles. The van der Waals surface area contributed by atoms with Gasteiger partial charge in [0.25, 0.3) is 0 Å². The van der Waals surface area contributed by atoms with Gasteiger partial charge in [0.1, 0.15) is 0 Å². The molecule has 3 heteroatoms. The van der Waals surface area contributed by atoms with Crippen molar-refractivity contribution in [1.29, 1.82) is 0 Å². The van der Waals surface area contributed by atoms with Crippen LogP contribution in [0.2, 0.25) is 0 Å². The molecule has 0 fully saturated rings. The van der Waals surface area contributed by atoms with E-state index in [2.05, 4.69) is 43.3 Å². The minimum absolute atomic E-state index is 0.127. The second-order valence-corrected chi connectivity index (χ2v) is 5.07. The predicted octanol–water partition coefficient (Wildman–Crippen LogP) is 2.75. The van der Waals surface area contributed by atoms with Crippen LogP contribution in [0.4, 0.5) is 0 Å². The minimum atomic E-state index is 0.127. The van der Waals surface area contributed by atoms with Crippen molar-refractivity contribution in [2.45, 2.75) is 33.2 Å². The molecule has 0 radical (unpaired) electrons. The van der Waals surface area contributed by atoms with E-state index >= 15 is 0 Å². The molecular formula is C16H21N3. The number of benzene rings is 1. The van der Waals surface area contributed by atoms with Crippen LogP contribution in [0.15, 0.2) is 36.7 Å². The molecule has 1 aromatic heterocycles. The van der Waals surface area contributed by atoms with Crippen molar-refractivity contribution in [3.8, 4) is 0 Å². The van der Waals surface area contributed by atoms with Crippen LogP contribution >= 0.6 is 0 Å². The third-order valence-electron chi connectivity index (χ3n) is 3.65. The van der Waals surface area contributed by atoms with Crippen molar-refractivity contribution >= 4 is 0 Å². The fourth-order valence-corrected chi connectivity index (χ4v) is 2.37. The Balaban J connectivity index is 2.30. The Kier molecular flexibility index (Phi) is 4.30. The number of nitrogens with two attached hydrogens (primary N) is 1. The monoisotopic (exact) mass is 255 g/mol. The van der Waals surface area contributed by atoms with E-state index in [9.17, 15) is 0 Å². The maximum atomic E-state index is 5.74. The molecule has 1 unspecified atom stereocenters. The van der Waals surface area contributed by atoms with Crippen molar-refractivity contribution in [1.82, 2.24) is 10.4 Å². The van der Waals surface area contributed by atoms with Gasteiger partial charge in [0, 0.05) is 12.4 Å². The summed E-state index contributed by atoms with van der Waals surface area (Å²) in [6.45, 7) is 6.41. The molecule has 0 aliphatic rings. The van der Waals surface area contributed by atoms with Crippen molar-refractivity contribution in [3.05, 3.63) is 64.5 Å². The topological polar surface area (TPSA) is 50.9 Å². The summed E-state index contributed by atoms with van der Waals surface area (Å²) < 4.78 is 0. The van der Waals surface area contributed by atoms with Crippen LogP contribution in [-0.4, -0.2) is 4.98 Å². The van der Waals surface area contributed by atoms with E-state index in [4.69, 9.17) is 5.84 Å². The number of hydrogen-bond donors (Lipinski definition) is 2. The van der Waals surface area contributed by atoms with Gasteiger partial charge in [-0.1, -0.05) is 12.1 Å². The molecule has 100 valence electrons. The summed E-state index contributed by atoms with van der Waals surface area (Å²) in [6.07, 6.45) is 4.49. The molecule has 0 amide bonds. The highest BCUT2D eigenvalue weighted by Gasteiger charge is 2.14. The number of rotatable bonds is 4. The predicted molar refractivity (Wildman–Crippen MR) is 78.7 cm³/mol. The molecule has 2 rings (SSSR count). The van der Waals surface area contributed by atoms with Gasteiger partial charge in [0.2, 0.25) is 0 Å². The lowest BCUT2D eigenvalue weighted by atomic mass is 9.93. The number of nitrogens with one attached hydrogen (secondary N) is 1. The first-order chi connectivity index (χ1) is 9.11. The number of aryl methyl sites for hydroxylation is 3. The first-order valence-electron chi connectivity index (χ1n) is 6.54. The summed E-state index contributed by atoms with van der Waals surface area (Å²) in [5.41, 5.74) is 9.33. The van der Waals surface area contributed by atoms with Crippen molar-refractivity contribution in [3.63, 3.8) is 0 Å². The molecule has 1 heterocycles. The maximum absolute atomic E-state index is 5.74. The van der Waals surface area contributed by atoms with E-state index in [0.717, 1.165) is 6.42 Å². The zero-order valence-electron chi connectivity index (χ0n) is 11.8. The van der Waals surface area contributed by atoms with Gasteiger partial charge in [-0.2, -0.15) is 0 Å². The quantitative estimate of drug-likeness (QED) is 0.652. The first kappa shape index (κ1) is 13.7. The van der Waals surface area contributed by atoms with Crippen molar-refractivity contribution in [2.75, 3.05) is 0 Å². The van der Waals surface area contributed by atoms with Crippen LogP contribution in [0, 0.1) is 20.8 Å². The zero-order chi connectivity index (χ0) is 13.8. The lowest BCUT2D eigenvalue weighted by Gasteiger charge is -2.20. The van der Waals surface area contributed by atoms with Crippen molar-refractivity contribution < 1.29 is 0 Å². The smallest absolute Gasteiger partial charge is 0.0503 e. The summed E-state index contributed by atoms with van der Waals surface area (Å²) in [5, 5.41) is 0. The fraction of sp³-hybridized carbons (Fsp3) is 0.312. The second kappa shape index (κ2) is 5.95. The van der Waals surface area contributed by atoms with Gasteiger partial charge in [-0.15, -0.1) is 0 Å². The standard InChI is InChI=1S/C16H21N3/c1-11-8-13(3)15(9-12(11)2)16(19-17)10-14-4-6-18-7-5-14/h4-9,16,19H,10,17H2,1-3H3. The van der Waals surface area contributed by atoms with Gasteiger partial charge in [0.15, 0.2) is 0 Å². The molecule has 0 saturated heterocycles. The first-order valence-corrected chi connectivity index (χ1v) is 6.54. The number of aromatic nitrogens is 1. The molecule has 1 atom stereocenters. The van der Waals surface area contributed by atoms with E-state index in [-0.39, 0.29) is 6.04 Å². The number of nitrogens with zero attached hydrogens (tertiary/aromatic N) is 1. The average Bonchev–Trinajstić information content (AvgIpc) is 2.42. The Morgan fingerprint density at radius 2 is 1.68 bits per heavy atom. The van der Waals surface area contributed by atoms with Crippen LogP contribution in [0.25, 0.3) is 0 Å². The highest BCUT2D eigenvalue weighted by Crippen LogP contribution is 2.24. The third-order valence-corrected chi connectivity index (χ3v) is 3.65. The van der Waals surface area contributed by atoms with Crippen LogP contribution in [-0.2, 0) is 6.42 Å². The molecule has 0 aliphatic carbocycles. The Bertz CT molecular complexity index is 549. The summed E-state index contributed by atoms with van der Waals surface area (Å²) >= 11 is 0. The fourth-order valence-electron chi connectivity index (χ4n) is 2.37. The zero-order valence-corrected chi connectivity index (χ0v) is 11.8. The molecule has 0 aliphatic heterocycles. The largest absolute Gasteiger partial charge is 0.271 e. The van der Waals surface area contributed by atoms with E-state index in [0.29, 0.717) is 0 Å². The Labute approximate surface area is 114 Å². The lowest BCUT2D eigenvalue weighted by Crippen LogP contribution is -2.30.